The number of rotatable bonds is 4. The van der Waals surface area contributed by atoms with Crippen LogP contribution < -0.4 is 5.32 Å². The second-order valence-electron chi connectivity index (χ2n) is 6.06. The van der Waals surface area contributed by atoms with Crippen LogP contribution in [0.3, 0.4) is 0 Å². The van der Waals surface area contributed by atoms with Gasteiger partial charge in [0.1, 0.15) is 0 Å². The van der Waals surface area contributed by atoms with Crippen LogP contribution in [0.15, 0.2) is 23.1 Å². The molecule has 1 saturated heterocycles. The number of likely N-dealkylation sites (N-methyl/N-ethyl adjacent to an activating group) is 2. The van der Waals surface area contributed by atoms with Gasteiger partial charge in [-0.15, -0.1) is 0 Å². The highest BCUT2D eigenvalue weighted by molar-refractivity contribution is 7.89. The fourth-order valence-electron chi connectivity index (χ4n) is 3.23. The van der Waals surface area contributed by atoms with Crippen molar-refractivity contribution in [2.24, 2.45) is 0 Å². The van der Waals surface area contributed by atoms with Gasteiger partial charge >= 0.3 is 0 Å². The van der Waals surface area contributed by atoms with Crippen LogP contribution >= 0.6 is 0 Å². The van der Waals surface area contributed by atoms with Crippen molar-refractivity contribution >= 4 is 15.7 Å². The highest BCUT2D eigenvalue weighted by Crippen LogP contribution is 2.27. The van der Waals surface area contributed by atoms with E-state index >= 15 is 0 Å². The Balaban J connectivity index is 1.79. The summed E-state index contributed by atoms with van der Waals surface area (Å²) in [6, 6.07) is 5.74. The van der Waals surface area contributed by atoms with Gasteiger partial charge in [0.05, 0.1) is 4.90 Å². The molecule has 0 spiro atoms. The minimum atomic E-state index is -3.39. The first-order valence-electron chi connectivity index (χ1n) is 7.52. The Hall–Kier alpha value is -1.11. The largest absolute Gasteiger partial charge is 0.384 e. The van der Waals surface area contributed by atoms with Gasteiger partial charge in [0, 0.05) is 31.9 Å². The van der Waals surface area contributed by atoms with E-state index in [2.05, 4.69) is 17.3 Å². The van der Waals surface area contributed by atoms with E-state index in [1.165, 1.54) is 4.31 Å². The molecule has 1 unspecified atom stereocenters. The smallest absolute Gasteiger partial charge is 0.242 e. The first-order chi connectivity index (χ1) is 9.98. The van der Waals surface area contributed by atoms with E-state index in [-0.39, 0.29) is 0 Å². The van der Waals surface area contributed by atoms with Crippen molar-refractivity contribution in [2.75, 3.05) is 39.0 Å². The number of likely N-dealkylation sites (tertiary alicyclic amines) is 1. The van der Waals surface area contributed by atoms with E-state index < -0.39 is 10.0 Å². The van der Waals surface area contributed by atoms with Crippen LogP contribution in [0.1, 0.15) is 18.4 Å². The first kappa shape index (κ1) is 14.8. The first-order valence-corrected chi connectivity index (χ1v) is 8.96. The van der Waals surface area contributed by atoms with Crippen LogP contribution in [0.25, 0.3) is 0 Å². The molecule has 1 aromatic carbocycles. The number of hydrogen-bond donors (Lipinski definition) is 1. The van der Waals surface area contributed by atoms with Crippen molar-refractivity contribution in [2.45, 2.75) is 30.2 Å². The zero-order valence-corrected chi connectivity index (χ0v) is 13.5. The standard InChI is InChI=1S/C15H23N3O2S/c1-17-9-3-4-13(17)11-18(2)21(19,20)14-5-6-15-12(10-14)7-8-16-15/h5-6,10,13,16H,3-4,7-9,11H2,1-2H3. The summed E-state index contributed by atoms with van der Waals surface area (Å²) < 4.78 is 26.9. The predicted octanol–water partition coefficient (Wildman–Crippen LogP) is 1.37. The Kier molecular flexibility index (Phi) is 3.94. The van der Waals surface area contributed by atoms with Crippen LogP contribution in [-0.2, 0) is 16.4 Å². The van der Waals surface area contributed by atoms with Gasteiger partial charge in [-0.25, -0.2) is 8.42 Å². The zero-order valence-electron chi connectivity index (χ0n) is 12.7. The molecule has 21 heavy (non-hydrogen) atoms. The van der Waals surface area contributed by atoms with Crippen molar-refractivity contribution in [1.29, 1.82) is 0 Å². The molecule has 2 heterocycles. The van der Waals surface area contributed by atoms with Gasteiger partial charge in [-0.1, -0.05) is 0 Å². The summed E-state index contributed by atoms with van der Waals surface area (Å²) in [5.74, 6) is 0. The summed E-state index contributed by atoms with van der Waals surface area (Å²) in [6.07, 6.45) is 3.12. The van der Waals surface area contributed by atoms with Gasteiger partial charge in [-0.3, -0.25) is 0 Å². The third-order valence-corrected chi connectivity index (χ3v) is 6.45. The van der Waals surface area contributed by atoms with Crippen molar-refractivity contribution < 1.29 is 8.42 Å². The Morgan fingerprint density at radius 2 is 2.24 bits per heavy atom. The molecule has 1 N–H and O–H groups in total. The summed E-state index contributed by atoms with van der Waals surface area (Å²) in [5.41, 5.74) is 2.16. The van der Waals surface area contributed by atoms with E-state index in [9.17, 15) is 8.42 Å². The van der Waals surface area contributed by atoms with Gasteiger partial charge in [-0.2, -0.15) is 4.31 Å². The maximum absolute atomic E-state index is 12.7. The van der Waals surface area contributed by atoms with E-state index in [0.29, 0.717) is 17.5 Å². The van der Waals surface area contributed by atoms with Gasteiger partial charge in [-0.05, 0) is 56.6 Å². The number of nitrogens with zero attached hydrogens (tertiary/aromatic N) is 2. The van der Waals surface area contributed by atoms with Crippen LogP contribution in [0, 0.1) is 0 Å². The average Bonchev–Trinajstić information content (AvgIpc) is 3.07. The number of nitrogens with one attached hydrogen (secondary N) is 1. The molecular formula is C15H23N3O2S. The molecule has 0 radical (unpaired) electrons. The molecule has 5 nitrogen and oxygen atoms in total. The second-order valence-corrected chi connectivity index (χ2v) is 8.10. The van der Waals surface area contributed by atoms with E-state index in [4.69, 9.17) is 0 Å². The Labute approximate surface area is 127 Å². The molecule has 1 aromatic rings. The normalized spacial score (nSPS) is 22.5. The van der Waals surface area contributed by atoms with Crippen molar-refractivity contribution in [3.63, 3.8) is 0 Å². The fourth-order valence-corrected chi connectivity index (χ4v) is 4.49. The van der Waals surface area contributed by atoms with Gasteiger partial charge < -0.3 is 10.2 Å². The Morgan fingerprint density at radius 1 is 1.43 bits per heavy atom. The Morgan fingerprint density at radius 3 is 2.95 bits per heavy atom. The summed E-state index contributed by atoms with van der Waals surface area (Å²) in [4.78, 5) is 2.66. The molecule has 1 fully saturated rings. The van der Waals surface area contributed by atoms with Gasteiger partial charge in [0.25, 0.3) is 0 Å². The highest BCUT2D eigenvalue weighted by atomic mass is 32.2. The topological polar surface area (TPSA) is 52.7 Å². The van der Waals surface area contributed by atoms with Crippen LogP contribution in [0.4, 0.5) is 5.69 Å². The van der Waals surface area contributed by atoms with Crippen molar-refractivity contribution in [3.8, 4) is 0 Å². The number of fused-ring (bicyclic) bond motifs is 1. The van der Waals surface area contributed by atoms with E-state index in [1.54, 1.807) is 13.1 Å². The maximum atomic E-state index is 12.7. The number of hydrogen-bond acceptors (Lipinski definition) is 4. The fraction of sp³-hybridized carbons (Fsp3) is 0.600. The molecule has 2 aliphatic rings. The van der Waals surface area contributed by atoms with E-state index in [0.717, 1.165) is 43.6 Å². The molecule has 0 bridgehead atoms. The van der Waals surface area contributed by atoms with Gasteiger partial charge in [0.2, 0.25) is 10.0 Å². The van der Waals surface area contributed by atoms with Gasteiger partial charge in [0.15, 0.2) is 0 Å². The predicted molar refractivity (Wildman–Crippen MR) is 84.1 cm³/mol. The lowest BCUT2D eigenvalue weighted by molar-refractivity contribution is 0.271. The quantitative estimate of drug-likeness (QED) is 0.913. The summed E-state index contributed by atoms with van der Waals surface area (Å²) in [7, 11) is 0.364. The average molecular weight is 309 g/mol. The molecule has 3 rings (SSSR count). The second kappa shape index (κ2) is 5.59. The molecule has 116 valence electrons. The molecule has 1 atom stereocenters. The monoisotopic (exact) mass is 309 g/mol. The van der Waals surface area contributed by atoms with Crippen molar-refractivity contribution in [1.82, 2.24) is 9.21 Å². The zero-order chi connectivity index (χ0) is 15.0. The number of sulfonamides is 1. The number of benzene rings is 1. The summed E-state index contributed by atoms with van der Waals surface area (Å²) >= 11 is 0. The lowest BCUT2D eigenvalue weighted by Crippen LogP contribution is -2.39. The SMILES string of the molecule is CN1CCCC1CN(C)S(=O)(=O)c1ccc2c(c1)CCN2. The van der Waals surface area contributed by atoms with Crippen molar-refractivity contribution in [3.05, 3.63) is 23.8 Å². The molecule has 6 heteroatoms. The minimum Gasteiger partial charge on any atom is -0.384 e. The van der Waals surface area contributed by atoms with Crippen LogP contribution in [-0.4, -0.2) is 57.4 Å². The summed E-state index contributed by atoms with van der Waals surface area (Å²) in [5, 5.41) is 3.26. The molecule has 0 amide bonds. The summed E-state index contributed by atoms with van der Waals surface area (Å²) in [6.45, 7) is 2.51. The lowest BCUT2D eigenvalue weighted by Gasteiger charge is -2.25. The third kappa shape index (κ3) is 2.80. The molecular weight excluding hydrogens is 286 g/mol. The Bertz CT molecular complexity index is 630. The number of anilines is 1. The third-order valence-electron chi connectivity index (χ3n) is 4.63. The maximum Gasteiger partial charge on any atom is 0.242 e. The van der Waals surface area contributed by atoms with E-state index in [1.807, 2.05) is 12.1 Å². The molecule has 0 aromatic heterocycles. The highest BCUT2D eigenvalue weighted by Gasteiger charge is 2.28. The lowest BCUT2D eigenvalue weighted by atomic mass is 10.2. The minimum absolute atomic E-state index is 0.334. The molecule has 0 saturated carbocycles. The molecule has 2 aliphatic heterocycles. The van der Waals surface area contributed by atoms with Crippen LogP contribution in [0.5, 0.6) is 0 Å². The van der Waals surface area contributed by atoms with Crippen LogP contribution in [0.2, 0.25) is 0 Å². The molecule has 0 aliphatic carbocycles.